The summed E-state index contributed by atoms with van der Waals surface area (Å²) in [5.74, 6) is 0.285. The first-order valence-corrected chi connectivity index (χ1v) is 7.02. The monoisotopic (exact) mass is 312 g/mol. The van der Waals surface area contributed by atoms with Crippen molar-refractivity contribution in [1.29, 1.82) is 0 Å². The largest absolute Gasteiger partial charge is 0.365 e. The number of benzene rings is 1. The average Bonchev–Trinajstić information content (AvgIpc) is 2.80. The highest BCUT2D eigenvalue weighted by Crippen LogP contribution is 2.40. The molecule has 0 N–H and O–H groups in total. The molecule has 1 aromatic rings. The van der Waals surface area contributed by atoms with Crippen LogP contribution in [-0.2, 0) is 0 Å². The van der Waals surface area contributed by atoms with Crippen LogP contribution in [0.1, 0.15) is 38.2 Å². The van der Waals surface area contributed by atoms with E-state index >= 15 is 0 Å². The Bertz CT molecular complexity index is 468. The van der Waals surface area contributed by atoms with Gasteiger partial charge in [0.1, 0.15) is 5.69 Å². The molecule has 1 saturated heterocycles. The Morgan fingerprint density at radius 2 is 1.94 bits per heavy atom. The van der Waals surface area contributed by atoms with Crippen LogP contribution in [0.3, 0.4) is 0 Å². The number of halogens is 1. The van der Waals surface area contributed by atoms with Gasteiger partial charge in [-0.05, 0) is 46.3 Å². The Hall–Kier alpha value is -1.10. The van der Waals surface area contributed by atoms with Crippen LogP contribution in [0, 0.1) is 10.1 Å². The molecule has 1 aliphatic heterocycles. The minimum Gasteiger partial charge on any atom is -0.365 e. The first-order chi connectivity index (χ1) is 8.50. The van der Waals surface area contributed by atoms with Gasteiger partial charge in [0.25, 0.3) is 5.69 Å². The average molecular weight is 313 g/mol. The standard InChI is InChI=1S/C13H17BrN2O2/c1-9(2)10-7-11(14)13(12(8-10)16(17)18)15-5-3-4-6-15/h7-9H,3-6H2,1-2H3. The van der Waals surface area contributed by atoms with E-state index in [2.05, 4.69) is 20.8 Å². The van der Waals surface area contributed by atoms with Gasteiger partial charge in [0.05, 0.1) is 4.92 Å². The second kappa shape index (κ2) is 5.26. The molecule has 0 bridgehead atoms. The third-order valence-corrected chi connectivity index (χ3v) is 3.96. The van der Waals surface area contributed by atoms with E-state index in [1.54, 1.807) is 6.07 Å². The Kier molecular flexibility index (Phi) is 3.90. The summed E-state index contributed by atoms with van der Waals surface area (Å²) in [5, 5.41) is 11.3. The summed E-state index contributed by atoms with van der Waals surface area (Å²) in [7, 11) is 0. The van der Waals surface area contributed by atoms with E-state index < -0.39 is 0 Å². The highest BCUT2D eigenvalue weighted by molar-refractivity contribution is 9.10. The summed E-state index contributed by atoms with van der Waals surface area (Å²) in [6.07, 6.45) is 2.21. The lowest BCUT2D eigenvalue weighted by Gasteiger charge is -2.20. The Labute approximate surface area is 115 Å². The van der Waals surface area contributed by atoms with Crippen molar-refractivity contribution in [3.63, 3.8) is 0 Å². The fraction of sp³-hybridized carbons (Fsp3) is 0.538. The maximum Gasteiger partial charge on any atom is 0.293 e. The number of nitrogens with zero attached hydrogens (tertiary/aromatic N) is 2. The zero-order valence-electron chi connectivity index (χ0n) is 10.6. The van der Waals surface area contributed by atoms with Crippen molar-refractivity contribution in [3.8, 4) is 0 Å². The molecule has 1 aliphatic rings. The molecule has 4 nitrogen and oxygen atoms in total. The molecule has 0 spiro atoms. The third kappa shape index (κ3) is 2.51. The van der Waals surface area contributed by atoms with Gasteiger partial charge in [-0.25, -0.2) is 0 Å². The molecule has 2 rings (SSSR count). The molecule has 0 radical (unpaired) electrons. The molecular formula is C13H17BrN2O2. The Morgan fingerprint density at radius 1 is 1.33 bits per heavy atom. The highest BCUT2D eigenvalue weighted by Gasteiger charge is 2.26. The van der Waals surface area contributed by atoms with Gasteiger partial charge >= 0.3 is 0 Å². The summed E-state index contributed by atoms with van der Waals surface area (Å²) in [6, 6.07) is 3.72. The van der Waals surface area contributed by atoms with Gasteiger partial charge in [-0.15, -0.1) is 0 Å². The summed E-state index contributed by atoms with van der Waals surface area (Å²) in [6.45, 7) is 5.89. The number of nitro benzene ring substituents is 1. The number of nitro groups is 1. The molecular weight excluding hydrogens is 296 g/mol. The van der Waals surface area contributed by atoms with Gasteiger partial charge in [0.15, 0.2) is 0 Å². The van der Waals surface area contributed by atoms with E-state index in [9.17, 15) is 10.1 Å². The Morgan fingerprint density at radius 3 is 2.44 bits per heavy atom. The quantitative estimate of drug-likeness (QED) is 0.624. The summed E-state index contributed by atoms with van der Waals surface area (Å²) >= 11 is 3.50. The molecule has 0 unspecified atom stereocenters. The van der Waals surface area contributed by atoms with E-state index in [-0.39, 0.29) is 16.5 Å². The summed E-state index contributed by atoms with van der Waals surface area (Å²) in [4.78, 5) is 13.1. The second-order valence-corrected chi connectivity index (χ2v) is 5.83. The van der Waals surface area contributed by atoms with Gasteiger partial charge in [0, 0.05) is 23.6 Å². The summed E-state index contributed by atoms with van der Waals surface area (Å²) in [5.41, 5.74) is 1.95. The molecule has 1 aromatic carbocycles. The molecule has 5 heteroatoms. The molecule has 0 saturated carbocycles. The SMILES string of the molecule is CC(C)c1cc(Br)c(N2CCCC2)c([N+](=O)[O-])c1. The zero-order valence-corrected chi connectivity index (χ0v) is 12.2. The van der Waals surface area contributed by atoms with Crippen LogP contribution in [0.15, 0.2) is 16.6 Å². The lowest BCUT2D eigenvalue weighted by Crippen LogP contribution is -2.19. The van der Waals surface area contributed by atoms with Gasteiger partial charge in [0.2, 0.25) is 0 Å². The van der Waals surface area contributed by atoms with E-state index in [1.807, 2.05) is 19.9 Å². The van der Waals surface area contributed by atoms with Crippen molar-refractivity contribution >= 4 is 27.3 Å². The van der Waals surface area contributed by atoms with Crippen molar-refractivity contribution in [2.24, 2.45) is 0 Å². The van der Waals surface area contributed by atoms with Crippen LogP contribution in [0.5, 0.6) is 0 Å². The van der Waals surface area contributed by atoms with Crippen LogP contribution < -0.4 is 4.90 Å². The number of hydrogen-bond acceptors (Lipinski definition) is 3. The predicted molar refractivity (Wildman–Crippen MR) is 76.3 cm³/mol. The maximum absolute atomic E-state index is 11.3. The Balaban J connectivity index is 2.53. The lowest BCUT2D eigenvalue weighted by molar-refractivity contribution is -0.384. The number of rotatable bonds is 3. The molecule has 0 atom stereocenters. The normalized spacial score (nSPS) is 15.4. The minimum atomic E-state index is -0.274. The van der Waals surface area contributed by atoms with Gasteiger partial charge in [-0.2, -0.15) is 0 Å². The molecule has 1 fully saturated rings. The van der Waals surface area contributed by atoms with Crippen LogP contribution >= 0.6 is 15.9 Å². The van der Waals surface area contributed by atoms with Crippen LogP contribution in [0.4, 0.5) is 11.4 Å². The lowest BCUT2D eigenvalue weighted by atomic mass is 10.0. The fourth-order valence-corrected chi connectivity index (χ4v) is 3.05. The molecule has 0 aliphatic carbocycles. The van der Waals surface area contributed by atoms with Gasteiger partial charge < -0.3 is 4.90 Å². The van der Waals surface area contributed by atoms with E-state index in [0.29, 0.717) is 0 Å². The van der Waals surface area contributed by atoms with Crippen LogP contribution in [0.25, 0.3) is 0 Å². The van der Waals surface area contributed by atoms with E-state index in [4.69, 9.17) is 0 Å². The highest BCUT2D eigenvalue weighted by atomic mass is 79.9. The van der Waals surface area contributed by atoms with Crippen molar-refractivity contribution in [1.82, 2.24) is 0 Å². The number of anilines is 1. The molecule has 98 valence electrons. The maximum atomic E-state index is 11.3. The van der Waals surface area contributed by atoms with Crippen molar-refractivity contribution in [3.05, 3.63) is 32.3 Å². The topological polar surface area (TPSA) is 46.4 Å². The van der Waals surface area contributed by atoms with Crippen molar-refractivity contribution < 1.29 is 4.92 Å². The fourth-order valence-electron chi connectivity index (χ4n) is 2.33. The van der Waals surface area contributed by atoms with Crippen LogP contribution in [-0.4, -0.2) is 18.0 Å². The van der Waals surface area contributed by atoms with Crippen molar-refractivity contribution in [2.75, 3.05) is 18.0 Å². The van der Waals surface area contributed by atoms with Gasteiger partial charge in [-0.1, -0.05) is 13.8 Å². The third-order valence-electron chi connectivity index (χ3n) is 3.35. The van der Waals surface area contributed by atoms with E-state index in [1.165, 1.54) is 0 Å². The van der Waals surface area contributed by atoms with Crippen molar-refractivity contribution in [2.45, 2.75) is 32.6 Å². The molecule has 1 heterocycles. The molecule has 18 heavy (non-hydrogen) atoms. The number of hydrogen-bond donors (Lipinski definition) is 0. The zero-order chi connectivity index (χ0) is 13.3. The van der Waals surface area contributed by atoms with E-state index in [0.717, 1.165) is 41.7 Å². The molecule has 0 amide bonds. The minimum absolute atomic E-state index is 0.218. The first kappa shape index (κ1) is 13.3. The smallest absolute Gasteiger partial charge is 0.293 e. The predicted octanol–water partition coefficient (Wildman–Crippen LogP) is 4.08. The van der Waals surface area contributed by atoms with Crippen LogP contribution in [0.2, 0.25) is 0 Å². The summed E-state index contributed by atoms with van der Waals surface area (Å²) < 4.78 is 0.835. The van der Waals surface area contributed by atoms with Gasteiger partial charge in [-0.3, -0.25) is 10.1 Å². The molecule has 0 aromatic heterocycles. The first-order valence-electron chi connectivity index (χ1n) is 6.23. The second-order valence-electron chi connectivity index (χ2n) is 4.98.